The SMILES string of the molecule is [2H]C([2H])([2H])c1c[c-]c(-c2cc(C([2H])([2H])C(C)(C)C)[c]([Ge]([CH3])([CH3])[CH3])cn2)cc1.[2H]C([2H])([2H])c1ccc(-c2ccc3c(n2)oc2c(-c4nc5ccccc5n4-c4ccc(C(C)(C)C)cc4-c4ccccc4)[c-]cc(C)c23)cc1.[Ir]. The number of hydrogen-bond acceptors (Lipinski definition) is 4. The molecule has 0 fully saturated rings. The Bertz CT molecular complexity index is 3770. The van der Waals surface area contributed by atoms with Gasteiger partial charge in [-0.15, -0.1) is 17.7 Å². The van der Waals surface area contributed by atoms with E-state index in [-0.39, 0.29) is 31.1 Å². The number of fused-ring (bicyclic) bond motifs is 4. The van der Waals surface area contributed by atoms with E-state index in [0.717, 1.165) is 65.5 Å². The van der Waals surface area contributed by atoms with Crippen molar-refractivity contribution in [3.8, 4) is 50.7 Å². The van der Waals surface area contributed by atoms with Crippen LogP contribution in [0.1, 0.15) is 80.3 Å². The second kappa shape index (κ2) is 19.5. The second-order valence-electron chi connectivity index (χ2n) is 20.6. The molecular weight excluding hydrogens is 1080 g/mol. The number of hydrogen-bond donors (Lipinski definition) is 0. The van der Waals surface area contributed by atoms with Crippen molar-refractivity contribution in [2.75, 3.05) is 0 Å². The van der Waals surface area contributed by atoms with Crippen LogP contribution in [0.4, 0.5) is 0 Å². The van der Waals surface area contributed by atoms with Gasteiger partial charge in [0.15, 0.2) is 0 Å². The van der Waals surface area contributed by atoms with Gasteiger partial charge >= 0.3 is 145 Å². The number of aryl methyl sites for hydroxylation is 3. The molecule has 10 aromatic rings. The minimum atomic E-state index is -2.36. The Morgan fingerprint density at radius 1 is 0.725 bits per heavy atom. The van der Waals surface area contributed by atoms with Crippen LogP contribution in [0.2, 0.25) is 17.3 Å². The summed E-state index contributed by atoms with van der Waals surface area (Å²) in [6, 6.07) is 51.3. The van der Waals surface area contributed by atoms with Crippen molar-refractivity contribution in [1.82, 2.24) is 19.5 Å². The van der Waals surface area contributed by atoms with Crippen molar-refractivity contribution in [3.05, 3.63) is 186 Å². The van der Waals surface area contributed by atoms with Gasteiger partial charge < -0.3 is 8.98 Å². The van der Waals surface area contributed by atoms with E-state index < -0.39 is 38.8 Å². The van der Waals surface area contributed by atoms with Crippen LogP contribution in [0.3, 0.4) is 0 Å². The van der Waals surface area contributed by atoms with Gasteiger partial charge in [-0.05, 0) is 59.8 Å². The number of aromatic nitrogens is 4. The molecule has 0 saturated carbocycles. The fraction of sp³-hybridized carbons (Fsp3) is 0.242. The number of pyridine rings is 2. The summed E-state index contributed by atoms with van der Waals surface area (Å²) in [6.07, 6.45) is 0.303. The van der Waals surface area contributed by atoms with E-state index in [9.17, 15) is 0 Å². The van der Waals surface area contributed by atoms with Gasteiger partial charge in [0, 0.05) is 46.4 Å². The quantitative estimate of drug-likeness (QED) is 0.118. The first-order valence-electron chi connectivity index (χ1n) is 27.1. The topological polar surface area (TPSA) is 56.7 Å². The average Bonchev–Trinajstić information content (AvgIpc) is 3.98. The fourth-order valence-corrected chi connectivity index (χ4v) is 11.5. The minimum Gasteiger partial charge on any atom is -0.486 e. The van der Waals surface area contributed by atoms with Gasteiger partial charge in [0.05, 0.1) is 28.1 Å². The van der Waals surface area contributed by atoms with Gasteiger partial charge in [-0.25, -0.2) is 4.98 Å². The van der Waals surface area contributed by atoms with Gasteiger partial charge in [-0.3, -0.25) is 4.98 Å². The first-order chi connectivity index (χ1) is 35.5. The summed E-state index contributed by atoms with van der Waals surface area (Å²) in [7, 11) is 0. The van der Waals surface area contributed by atoms with E-state index in [1.165, 1.54) is 11.6 Å². The van der Waals surface area contributed by atoms with E-state index in [0.29, 0.717) is 39.4 Å². The van der Waals surface area contributed by atoms with E-state index in [4.69, 9.17) is 25.4 Å². The van der Waals surface area contributed by atoms with Gasteiger partial charge in [0.1, 0.15) is 0 Å². The number of rotatable bonds is 7. The van der Waals surface area contributed by atoms with E-state index in [1.807, 2.05) is 75.5 Å². The molecule has 1 radical (unpaired) electrons. The van der Waals surface area contributed by atoms with Crippen molar-refractivity contribution in [2.45, 2.75) is 91.2 Å². The second-order valence-corrected chi connectivity index (χ2v) is 31.2. The summed E-state index contributed by atoms with van der Waals surface area (Å²) in [5, 5.41) is 1.86. The zero-order valence-corrected chi connectivity index (χ0v) is 45.4. The van der Waals surface area contributed by atoms with Crippen molar-refractivity contribution in [3.63, 3.8) is 0 Å². The summed E-state index contributed by atoms with van der Waals surface area (Å²) in [5.41, 5.74) is 12.7. The summed E-state index contributed by atoms with van der Waals surface area (Å²) >= 11 is -2.36. The van der Waals surface area contributed by atoms with Crippen molar-refractivity contribution >= 4 is 50.8 Å². The standard InChI is InChI=1S/C42H34N3O.C20H28GeN.Ir/c1-26-15-18-29(19-16-26)34-23-22-31-38-27(2)17-21-32(39(38)46-41(31)44-34)40-43-35-13-9-10-14-37(35)45(40)36-24-20-30(42(3,4)5)25-33(36)28-11-7-6-8-12-28;1-15-8-10-16(11-9-15)19-12-17(13-20(2,3)4)18(14-22-19)21(5,6)7;/h6-20,22-25H,1-5H3;8-10,12,14H,13H2,1-7H3;/q2*-1;/i1D3;1D3,13D2;. The van der Waals surface area contributed by atoms with Crippen LogP contribution in [-0.2, 0) is 31.9 Å². The van der Waals surface area contributed by atoms with Crippen LogP contribution < -0.4 is 4.40 Å². The van der Waals surface area contributed by atoms with Crippen molar-refractivity contribution in [2.24, 2.45) is 5.41 Å². The summed E-state index contributed by atoms with van der Waals surface area (Å²) in [5.74, 6) is 7.43. The van der Waals surface area contributed by atoms with Crippen LogP contribution in [0.25, 0.3) is 83.8 Å². The average molecular weight is 1150 g/mol. The number of benzene rings is 6. The number of para-hydroxylation sites is 2. The molecule has 69 heavy (non-hydrogen) atoms. The summed E-state index contributed by atoms with van der Waals surface area (Å²) < 4.78 is 73.1. The van der Waals surface area contributed by atoms with Crippen molar-refractivity contribution in [1.29, 1.82) is 0 Å². The molecule has 0 unspecified atom stereocenters. The van der Waals surface area contributed by atoms with Gasteiger partial charge in [-0.1, -0.05) is 117 Å². The van der Waals surface area contributed by atoms with E-state index in [1.54, 1.807) is 36.4 Å². The van der Waals surface area contributed by atoms with Crippen LogP contribution >= 0.6 is 0 Å². The molecule has 0 spiro atoms. The maximum atomic E-state index is 8.80. The molecule has 6 aromatic carbocycles. The van der Waals surface area contributed by atoms with Gasteiger partial charge in [0.2, 0.25) is 5.71 Å². The Balaban J connectivity index is 0.000000239. The first-order valence-corrected chi connectivity index (χ1v) is 30.4. The van der Waals surface area contributed by atoms with Crippen LogP contribution in [0.15, 0.2) is 150 Å². The molecule has 4 aromatic heterocycles. The molecule has 5 nitrogen and oxygen atoms in total. The van der Waals surface area contributed by atoms with Crippen LogP contribution in [-0.4, -0.2) is 32.8 Å². The smallest absolute Gasteiger partial charge is 0.216 e. The zero-order valence-electron chi connectivity index (χ0n) is 48.9. The molecule has 0 atom stereocenters. The molecule has 10 rings (SSSR count). The predicted octanol–water partition coefficient (Wildman–Crippen LogP) is 16.0. The third-order valence-corrected chi connectivity index (χ3v) is 16.3. The maximum Gasteiger partial charge on any atom is 0.216 e. The normalized spacial score (nSPS) is 14.3. The Morgan fingerprint density at radius 3 is 2.13 bits per heavy atom. The largest absolute Gasteiger partial charge is 0.486 e. The van der Waals surface area contributed by atoms with Gasteiger partial charge in [0.25, 0.3) is 0 Å². The summed E-state index contributed by atoms with van der Waals surface area (Å²) in [6.45, 7) is 10.2. The monoisotopic (exact) mass is 1150 g/mol. The van der Waals surface area contributed by atoms with Crippen LogP contribution in [0, 0.1) is 38.2 Å². The zero-order chi connectivity index (χ0) is 54.9. The Labute approximate surface area is 436 Å². The Kier molecular flexibility index (Phi) is 11.3. The molecule has 0 aliphatic rings. The molecule has 4 heterocycles. The van der Waals surface area contributed by atoms with E-state index in [2.05, 4.69) is 115 Å². The Morgan fingerprint density at radius 2 is 1.45 bits per heavy atom. The van der Waals surface area contributed by atoms with E-state index >= 15 is 0 Å². The number of imidazole rings is 1. The molecule has 351 valence electrons. The fourth-order valence-electron chi connectivity index (χ4n) is 8.61. The molecular formula is C62H62GeIrN4O-2. The molecule has 0 bridgehead atoms. The molecule has 0 aliphatic carbocycles. The Hall–Kier alpha value is -5.92. The predicted molar refractivity (Wildman–Crippen MR) is 289 cm³/mol. The number of furan rings is 1. The minimum absolute atomic E-state index is 0. The molecule has 0 aliphatic heterocycles. The molecule has 0 saturated heterocycles. The van der Waals surface area contributed by atoms with Gasteiger partial charge in [-0.2, -0.15) is 0 Å². The molecule has 0 amide bonds. The third-order valence-electron chi connectivity index (χ3n) is 12.1. The molecule has 7 heteroatoms. The maximum absolute atomic E-state index is 8.80. The van der Waals surface area contributed by atoms with Crippen LogP contribution in [0.5, 0.6) is 0 Å². The van der Waals surface area contributed by atoms with Crippen molar-refractivity contribution < 1.29 is 35.5 Å². The number of nitrogens with zero attached hydrogens (tertiary/aromatic N) is 4. The molecule has 0 N–H and O–H groups in total. The third kappa shape index (κ3) is 10.5. The first kappa shape index (κ1) is 39.9. The summed E-state index contributed by atoms with van der Waals surface area (Å²) in [4.78, 5) is 14.7.